The van der Waals surface area contributed by atoms with Crippen molar-refractivity contribution in [2.24, 2.45) is 5.73 Å². The van der Waals surface area contributed by atoms with Gasteiger partial charge in [0.2, 0.25) is 0 Å². The van der Waals surface area contributed by atoms with Crippen LogP contribution in [0.15, 0.2) is 24.3 Å². The lowest BCUT2D eigenvalue weighted by Gasteiger charge is -2.20. The highest BCUT2D eigenvalue weighted by atomic mass is 31.2. The Bertz CT molecular complexity index is 942. The molecular weight excluding hydrogens is 649 g/mol. The highest BCUT2D eigenvalue weighted by Crippen LogP contribution is 2.43. The number of carbonyl (C=O) groups excluding carboxylic acids is 2. The Hall–Kier alpha value is -2.04. The van der Waals surface area contributed by atoms with Crippen LogP contribution in [0.25, 0.3) is 0 Å². The predicted molar refractivity (Wildman–Crippen MR) is 194 cm³/mol. The van der Waals surface area contributed by atoms with Gasteiger partial charge in [0, 0.05) is 12.8 Å². The number of nitrogens with two attached hydrogens (primary N) is 1. The van der Waals surface area contributed by atoms with Crippen LogP contribution in [0.4, 0.5) is 0 Å². The number of hydrogen-bond acceptors (Lipinski definition) is 9. The van der Waals surface area contributed by atoms with Crippen molar-refractivity contribution in [2.75, 3.05) is 19.8 Å². The highest BCUT2D eigenvalue weighted by Gasteiger charge is 2.28. The van der Waals surface area contributed by atoms with E-state index in [0.717, 1.165) is 77.0 Å². The molecule has 0 aliphatic rings. The van der Waals surface area contributed by atoms with E-state index in [-0.39, 0.29) is 19.4 Å². The number of allylic oxidation sites excluding steroid dienone is 4. The van der Waals surface area contributed by atoms with Crippen LogP contribution in [0.3, 0.4) is 0 Å². The van der Waals surface area contributed by atoms with E-state index in [4.69, 9.17) is 24.8 Å². The Kier molecular flexibility index (Phi) is 31.7. The van der Waals surface area contributed by atoms with Crippen molar-refractivity contribution in [3.05, 3.63) is 24.3 Å². The molecule has 0 rings (SSSR count). The second-order valence-corrected chi connectivity index (χ2v) is 14.2. The molecule has 3 atom stereocenters. The van der Waals surface area contributed by atoms with E-state index in [1.807, 2.05) is 0 Å². The molecule has 0 aliphatic carbocycles. The molecule has 0 aromatic rings. The number of aliphatic carboxylic acids is 1. The van der Waals surface area contributed by atoms with Crippen LogP contribution in [0.5, 0.6) is 0 Å². The summed E-state index contributed by atoms with van der Waals surface area (Å²) in [6.07, 6.45) is 31.1. The molecule has 0 heterocycles. The number of carbonyl (C=O) groups is 3. The zero-order chi connectivity index (χ0) is 36.4. The molecule has 0 aromatic heterocycles. The molecule has 0 aliphatic heterocycles. The molecule has 1 unspecified atom stereocenters. The SMILES string of the molecule is CCCC/C=C/CCCCCCCC(=O)O[C@H](COC(=O)CCCCCCC/C=C/CCCCCCC)COP(=O)(O)OC[C@H](N)C(=O)O. The van der Waals surface area contributed by atoms with Gasteiger partial charge in [0.25, 0.3) is 0 Å². The summed E-state index contributed by atoms with van der Waals surface area (Å²) in [6.45, 7) is 2.71. The molecule has 0 spiro atoms. The third-order valence-corrected chi connectivity index (χ3v) is 8.87. The molecule has 0 aromatic carbocycles. The fraction of sp³-hybridized carbons (Fsp3) is 0.811. The lowest BCUT2D eigenvalue weighted by atomic mass is 10.1. The van der Waals surface area contributed by atoms with Crippen LogP contribution in [-0.4, -0.2) is 59.9 Å². The van der Waals surface area contributed by atoms with E-state index in [2.05, 4.69) is 42.7 Å². The Morgan fingerprint density at radius 3 is 1.55 bits per heavy atom. The molecule has 12 heteroatoms. The van der Waals surface area contributed by atoms with Gasteiger partial charge >= 0.3 is 25.7 Å². The monoisotopic (exact) mass is 717 g/mol. The number of esters is 2. The van der Waals surface area contributed by atoms with Crippen LogP contribution in [0.1, 0.15) is 162 Å². The number of carboxylic acid groups (broad SMARTS) is 1. The van der Waals surface area contributed by atoms with Gasteiger partial charge in [-0.05, 0) is 57.8 Å². The van der Waals surface area contributed by atoms with E-state index < -0.39 is 51.1 Å². The van der Waals surface area contributed by atoms with Crippen LogP contribution in [0.2, 0.25) is 0 Å². The molecule has 0 bridgehead atoms. The molecule has 0 saturated heterocycles. The van der Waals surface area contributed by atoms with Crippen molar-refractivity contribution in [3.63, 3.8) is 0 Å². The smallest absolute Gasteiger partial charge is 0.472 e. The predicted octanol–water partition coefficient (Wildman–Crippen LogP) is 9.11. The van der Waals surface area contributed by atoms with Crippen molar-refractivity contribution < 1.29 is 47.5 Å². The van der Waals surface area contributed by atoms with Gasteiger partial charge < -0.3 is 25.2 Å². The average Bonchev–Trinajstić information content (AvgIpc) is 3.07. The summed E-state index contributed by atoms with van der Waals surface area (Å²) in [7, 11) is -4.71. The molecule has 0 fully saturated rings. The van der Waals surface area contributed by atoms with Crippen LogP contribution < -0.4 is 5.73 Å². The lowest BCUT2D eigenvalue weighted by Crippen LogP contribution is -2.34. The molecule has 4 N–H and O–H groups in total. The summed E-state index contributed by atoms with van der Waals surface area (Å²) in [6, 6.07) is -1.52. The molecular formula is C37H68NO10P. The minimum absolute atomic E-state index is 0.150. The number of unbranched alkanes of at least 4 members (excludes halogenated alkanes) is 17. The quantitative estimate of drug-likeness (QED) is 0.0247. The summed E-state index contributed by atoms with van der Waals surface area (Å²) in [5.41, 5.74) is 5.31. The summed E-state index contributed by atoms with van der Waals surface area (Å²) in [4.78, 5) is 45.7. The molecule has 286 valence electrons. The van der Waals surface area contributed by atoms with Gasteiger partial charge in [0.05, 0.1) is 13.2 Å². The largest absolute Gasteiger partial charge is 0.480 e. The van der Waals surface area contributed by atoms with Crippen molar-refractivity contribution in [3.8, 4) is 0 Å². The van der Waals surface area contributed by atoms with Gasteiger partial charge in [-0.25, -0.2) is 4.57 Å². The lowest BCUT2D eigenvalue weighted by molar-refractivity contribution is -0.161. The van der Waals surface area contributed by atoms with E-state index in [1.165, 1.54) is 44.9 Å². The third kappa shape index (κ3) is 32.9. The van der Waals surface area contributed by atoms with E-state index in [9.17, 15) is 23.8 Å². The topological polar surface area (TPSA) is 172 Å². The van der Waals surface area contributed by atoms with E-state index in [1.54, 1.807) is 0 Å². The maximum atomic E-state index is 12.5. The number of phosphoric acid groups is 1. The van der Waals surface area contributed by atoms with Crippen LogP contribution in [0, 0.1) is 0 Å². The normalized spacial score (nSPS) is 14.2. The van der Waals surface area contributed by atoms with Gasteiger partial charge in [-0.2, -0.15) is 0 Å². The summed E-state index contributed by atoms with van der Waals surface area (Å²) >= 11 is 0. The number of ether oxygens (including phenoxy) is 2. The Balaban J connectivity index is 4.46. The molecule has 0 amide bonds. The third-order valence-electron chi connectivity index (χ3n) is 7.92. The van der Waals surface area contributed by atoms with Crippen LogP contribution >= 0.6 is 7.82 Å². The van der Waals surface area contributed by atoms with Crippen LogP contribution in [-0.2, 0) is 37.5 Å². The number of carboxylic acids is 1. The van der Waals surface area contributed by atoms with Gasteiger partial charge in [0.1, 0.15) is 12.6 Å². The molecule has 0 saturated carbocycles. The Labute approximate surface area is 296 Å². The van der Waals surface area contributed by atoms with Gasteiger partial charge in [0.15, 0.2) is 6.10 Å². The number of phosphoric ester groups is 1. The van der Waals surface area contributed by atoms with E-state index in [0.29, 0.717) is 12.8 Å². The van der Waals surface area contributed by atoms with Gasteiger partial charge in [-0.3, -0.25) is 23.4 Å². The maximum absolute atomic E-state index is 12.5. The molecule has 0 radical (unpaired) electrons. The average molecular weight is 718 g/mol. The fourth-order valence-electron chi connectivity index (χ4n) is 4.86. The summed E-state index contributed by atoms with van der Waals surface area (Å²) in [5.74, 6) is -2.40. The maximum Gasteiger partial charge on any atom is 0.472 e. The zero-order valence-electron chi connectivity index (χ0n) is 30.5. The summed E-state index contributed by atoms with van der Waals surface area (Å²) in [5, 5.41) is 8.85. The number of rotatable bonds is 35. The number of hydrogen-bond donors (Lipinski definition) is 3. The fourth-order valence-corrected chi connectivity index (χ4v) is 5.64. The second-order valence-electron chi connectivity index (χ2n) is 12.7. The first-order valence-electron chi connectivity index (χ1n) is 18.9. The minimum atomic E-state index is -4.71. The second kappa shape index (κ2) is 33.1. The van der Waals surface area contributed by atoms with Crippen molar-refractivity contribution in [2.45, 2.75) is 174 Å². The summed E-state index contributed by atoms with van der Waals surface area (Å²) < 4.78 is 32.5. The minimum Gasteiger partial charge on any atom is -0.480 e. The standard InChI is InChI=1S/C37H68NO10P/c1-3-5-7-9-11-13-15-16-17-19-20-22-24-26-28-35(39)45-30-33(31-46-49(43,44)47-32-34(38)37(41)42)48-36(40)29-27-25-23-21-18-14-12-10-8-6-4-2/h10,12,15-16,33-34H,3-9,11,13-14,17-32,38H2,1-2H3,(H,41,42)(H,43,44)/b12-10+,16-15+/t33-,34+/m1/s1. The van der Waals surface area contributed by atoms with Gasteiger partial charge in [-0.15, -0.1) is 0 Å². The first-order chi connectivity index (χ1) is 23.6. The molecule has 49 heavy (non-hydrogen) atoms. The highest BCUT2D eigenvalue weighted by molar-refractivity contribution is 7.47. The first kappa shape index (κ1) is 47.0. The Morgan fingerprint density at radius 1 is 0.612 bits per heavy atom. The van der Waals surface area contributed by atoms with Gasteiger partial charge in [-0.1, -0.05) is 115 Å². The van der Waals surface area contributed by atoms with E-state index >= 15 is 0 Å². The van der Waals surface area contributed by atoms with Crippen molar-refractivity contribution in [1.82, 2.24) is 0 Å². The first-order valence-corrected chi connectivity index (χ1v) is 20.4. The van der Waals surface area contributed by atoms with Crippen molar-refractivity contribution in [1.29, 1.82) is 0 Å². The van der Waals surface area contributed by atoms with Crippen molar-refractivity contribution >= 4 is 25.7 Å². The Morgan fingerprint density at radius 2 is 1.04 bits per heavy atom. The molecule has 11 nitrogen and oxygen atoms in total. The zero-order valence-corrected chi connectivity index (χ0v) is 31.4.